The van der Waals surface area contributed by atoms with Gasteiger partial charge in [-0.25, -0.2) is 8.78 Å². The number of hydrogen-bond donors (Lipinski definition) is 8. The number of aromatic amines is 8. The lowest BCUT2D eigenvalue weighted by atomic mass is 9.83. The van der Waals surface area contributed by atoms with Gasteiger partial charge in [0.15, 0.2) is 5.82 Å². The summed E-state index contributed by atoms with van der Waals surface area (Å²) in [7, 11) is 8.19. The Labute approximate surface area is 672 Å². The normalized spacial score (nSPS) is 12.2. The fourth-order valence-corrected chi connectivity index (χ4v) is 13.4. The van der Waals surface area contributed by atoms with E-state index in [0.717, 1.165) is 72.2 Å². The minimum absolute atomic E-state index is 0.144. The summed E-state index contributed by atoms with van der Waals surface area (Å²) >= 11 is 0. The highest BCUT2D eigenvalue weighted by molar-refractivity contribution is 5.94. The van der Waals surface area contributed by atoms with Gasteiger partial charge in [0.2, 0.25) is 0 Å². The molecule has 16 rings (SSSR count). The van der Waals surface area contributed by atoms with Crippen LogP contribution in [0.3, 0.4) is 0 Å². The number of aromatic nitrogens is 16. The van der Waals surface area contributed by atoms with Crippen LogP contribution in [0.25, 0.3) is 87.2 Å². The van der Waals surface area contributed by atoms with Gasteiger partial charge in [-0.2, -0.15) is 40.8 Å². The zero-order valence-corrected chi connectivity index (χ0v) is 73.2. The predicted octanol–water partition coefficient (Wildman–Crippen LogP) is 23.9. The van der Waals surface area contributed by atoms with Crippen molar-refractivity contribution in [2.24, 2.45) is 0 Å². The van der Waals surface area contributed by atoms with Crippen LogP contribution in [0.1, 0.15) is 222 Å². The van der Waals surface area contributed by atoms with Gasteiger partial charge in [0.25, 0.3) is 0 Å². The maximum atomic E-state index is 13.9. The molecule has 0 amide bonds. The first-order valence-corrected chi connectivity index (χ1v) is 39.2. The average Bonchev–Trinajstić information content (AvgIpc) is 1.54. The molecule has 0 atom stereocenters. The van der Waals surface area contributed by atoms with Gasteiger partial charge < -0.3 is 9.80 Å². The molecule has 604 valence electrons. The monoisotopic (exact) mass is 1540 g/mol. The van der Waals surface area contributed by atoms with Gasteiger partial charge in [0, 0.05) is 71.6 Å². The van der Waals surface area contributed by atoms with Gasteiger partial charge in [0.05, 0.1) is 92.4 Å². The summed E-state index contributed by atoms with van der Waals surface area (Å²) in [5.74, 6) is 0.666. The zero-order chi connectivity index (χ0) is 84.2. The van der Waals surface area contributed by atoms with Crippen LogP contribution >= 0.6 is 0 Å². The lowest BCUT2D eigenvalue weighted by molar-refractivity contribution is 0.524. The first-order valence-electron chi connectivity index (χ1n) is 39.2. The van der Waals surface area contributed by atoms with Crippen molar-refractivity contribution in [3.8, 4) is 0 Å². The second-order valence-electron chi connectivity index (χ2n) is 38.4. The lowest BCUT2D eigenvalue weighted by Gasteiger charge is -2.27. The molecule has 8 aromatic carbocycles. The van der Waals surface area contributed by atoms with Crippen molar-refractivity contribution in [1.29, 1.82) is 0 Å². The Morgan fingerprint density at radius 1 is 0.281 bits per heavy atom. The fourth-order valence-electron chi connectivity index (χ4n) is 13.4. The number of rotatable bonds is 2. The molecular formula is C94H124F2N18. The highest BCUT2D eigenvalue weighted by Gasteiger charge is 2.25. The highest BCUT2D eigenvalue weighted by Crippen LogP contribution is 2.38. The summed E-state index contributed by atoms with van der Waals surface area (Å²) in [4.78, 5) is 4.20. The van der Waals surface area contributed by atoms with Crippen LogP contribution in [0.2, 0.25) is 0 Å². The SMILES string of the molecule is CC(C)(C)c1cc2cn[nH]c2cc1F.CC(C)(C)c1ccc2[nH]ncc2c1.CC(C)(C)c1ccc2[nH]ncc2c1F.CC(C)(C)c1ccc2cn[nH]c2c1.CN(C)c1c(C(C)(C)C)ccc2[nH]ncc12.CN(C)c1n[nH]c2ccc(C(C)(C)C)cc12.Cc1[nH]nc2ccc(C(C)(C)C)cc12.Cc1c(C(C)(C)C)ccc2[nH]ncc12. The number of benzene rings is 8. The van der Waals surface area contributed by atoms with E-state index >= 15 is 0 Å². The molecule has 0 saturated heterocycles. The van der Waals surface area contributed by atoms with E-state index in [0.29, 0.717) is 5.39 Å². The van der Waals surface area contributed by atoms with Crippen LogP contribution in [-0.4, -0.2) is 110 Å². The summed E-state index contributed by atoms with van der Waals surface area (Å²) in [6.07, 6.45) is 10.8. The van der Waals surface area contributed by atoms with Crippen molar-refractivity contribution in [3.63, 3.8) is 0 Å². The van der Waals surface area contributed by atoms with E-state index in [1.807, 2.05) is 104 Å². The summed E-state index contributed by atoms with van der Waals surface area (Å²) in [6, 6.07) is 41.5. The smallest absolute Gasteiger partial charge is 0.157 e. The zero-order valence-electron chi connectivity index (χ0n) is 73.2. The summed E-state index contributed by atoms with van der Waals surface area (Å²) in [5, 5.41) is 64.6. The molecule has 8 N–H and O–H groups in total. The Morgan fingerprint density at radius 2 is 0.667 bits per heavy atom. The number of hydrogen-bond acceptors (Lipinski definition) is 10. The van der Waals surface area contributed by atoms with Crippen LogP contribution in [0.15, 0.2) is 159 Å². The molecule has 0 aliphatic heterocycles. The maximum Gasteiger partial charge on any atom is 0.157 e. The quantitative estimate of drug-likeness (QED) is 0.0815. The summed E-state index contributed by atoms with van der Waals surface area (Å²) in [5.41, 5.74) is 22.2. The van der Waals surface area contributed by atoms with E-state index in [4.69, 9.17) is 0 Å². The van der Waals surface area contributed by atoms with Gasteiger partial charge in [-0.15, -0.1) is 0 Å². The van der Waals surface area contributed by atoms with Crippen molar-refractivity contribution >= 4 is 98.7 Å². The Hall–Kier alpha value is -11.0. The molecule has 8 heterocycles. The minimum atomic E-state index is -0.172. The number of halogens is 2. The van der Waals surface area contributed by atoms with Crippen LogP contribution < -0.4 is 9.80 Å². The number of H-pyrrole nitrogens is 8. The van der Waals surface area contributed by atoms with Crippen LogP contribution in [0.4, 0.5) is 20.3 Å². The molecule has 114 heavy (non-hydrogen) atoms. The first-order chi connectivity index (χ1) is 52.9. The van der Waals surface area contributed by atoms with Crippen molar-refractivity contribution in [2.75, 3.05) is 38.0 Å². The molecule has 18 nitrogen and oxygen atoms in total. The first kappa shape index (κ1) is 87.0. The van der Waals surface area contributed by atoms with Gasteiger partial charge in [-0.05, 0) is 180 Å². The van der Waals surface area contributed by atoms with Crippen molar-refractivity contribution in [2.45, 2.75) is 223 Å². The van der Waals surface area contributed by atoms with Crippen molar-refractivity contribution < 1.29 is 8.78 Å². The summed E-state index contributed by atoms with van der Waals surface area (Å²) < 4.78 is 27.6. The Kier molecular flexibility index (Phi) is 25.9. The van der Waals surface area contributed by atoms with E-state index in [2.05, 4.69) is 336 Å². The molecule has 0 aliphatic carbocycles. The molecule has 0 saturated carbocycles. The molecule has 0 radical (unpaired) electrons. The molecule has 0 aliphatic rings. The number of anilines is 2. The molecule has 20 heteroatoms. The standard InChI is InChI=1S/2C13H19N3.2C12H16N2.2C11H13FN2.2C11H14N2/c1-13(2,3)10-6-7-11-9(8-14-15-11)12(10)16(4)5;1-13(2,3)9-6-7-11-10(8-9)12(15-14-11)16(4)5;1-8-9-7-13-14-11(9)6-5-10(8)12(2,3)4;1-8-10-7-9(12(2,3)4)5-6-11(10)14-13-8;1-11(2,3)8-4-7-6-13-14-10(7)5-9(8)12;1-11(2,3)8-4-5-9-7(10(8)12)6-13-14-9;1-11(2,3)9-4-5-10-8(6-9)7-12-13-10;1-11(2,3)9-5-4-8-7-12-13-10(8)6-9/h2*6-8H,1-5H3,(H,14,15);2*5-7H,1-4H3,(H,13,14);2*4-6H,1-3H3,(H,13,14);2*4-7H,1-3H3,(H,12,13). The van der Waals surface area contributed by atoms with Crippen LogP contribution in [-0.2, 0) is 43.3 Å². The molecule has 16 aromatic rings. The Balaban J connectivity index is 0.000000149. The van der Waals surface area contributed by atoms with Gasteiger partial charge in [0.1, 0.15) is 11.6 Å². The predicted molar refractivity (Wildman–Crippen MR) is 476 cm³/mol. The van der Waals surface area contributed by atoms with E-state index in [1.54, 1.807) is 6.20 Å². The van der Waals surface area contributed by atoms with E-state index in [9.17, 15) is 8.78 Å². The third-order valence-electron chi connectivity index (χ3n) is 20.3. The molecule has 8 aromatic heterocycles. The second-order valence-corrected chi connectivity index (χ2v) is 38.4. The summed E-state index contributed by atoms with van der Waals surface area (Å²) in [6.45, 7) is 56.3. The molecule has 0 unspecified atom stereocenters. The van der Waals surface area contributed by atoms with Gasteiger partial charge in [-0.1, -0.05) is 215 Å². The minimum Gasteiger partial charge on any atom is -0.377 e. The third kappa shape index (κ3) is 21.2. The van der Waals surface area contributed by atoms with Crippen LogP contribution in [0, 0.1) is 25.5 Å². The highest BCUT2D eigenvalue weighted by atomic mass is 19.1. The maximum absolute atomic E-state index is 13.9. The second kappa shape index (κ2) is 34.0. The number of aryl methyl sites for hydroxylation is 2. The van der Waals surface area contributed by atoms with Crippen molar-refractivity contribution in [3.05, 3.63) is 226 Å². The van der Waals surface area contributed by atoms with Gasteiger partial charge >= 0.3 is 0 Å². The van der Waals surface area contributed by atoms with E-state index < -0.39 is 0 Å². The molecule has 0 spiro atoms. The number of fused-ring (bicyclic) bond motifs is 8. The molecule has 0 fully saturated rings. The average molecular weight is 1540 g/mol. The molecule has 0 bridgehead atoms. The van der Waals surface area contributed by atoms with E-state index in [-0.39, 0.29) is 55.0 Å². The van der Waals surface area contributed by atoms with Crippen molar-refractivity contribution in [1.82, 2.24) is 81.6 Å². The number of nitrogens with one attached hydrogen (secondary N) is 8. The lowest BCUT2D eigenvalue weighted by Crippen LogP contribution is -2.19. The largest absolute Gasteiger partial charge is 0.377 e. The Morgan fingerprint density at radius 3 is 1.19 bits per heavy atom. The fraction of sp³-hybridized carbons (Fsp3) is 0.404. The number of nitrogens with zero attached hydrogens (tertiary/aromatic N) is 10. The van der Waals surface area contributed by atoms with E-state index in [1.165, 1.54) is 89.2 Å². The topological polar surface area (TPSA) is 236 Å². The van der Waals surface area contributed by atoms with Crippen LogP contribution in [0.5, 0.6) is 0 Å². The molecular weight excluding hydrogens is 1420 g/mol. The Bertz CT molecular complexity index is 5660. The van der Waals surface area contributed by atoms with Gasteiger partial charge in [-0.3, -0.25) is 40.8 Å². The third-order valence-corrected chi connectivity index (χ3v) is 20.3.